The van der Waals surface area contributed by atoms with Crippen molar-refractivity contribution in [2.24, 2.45) is 5.10 Å². The van der Waals surface area contributed by atoms with Crippen LogP contribution < -0.4 is 15.0 Å². The van der Waals surface area contributed by atoms with Crippen molar-refractivity contribution >= 4 is 34.1 Å². The fourth-order valence-corrected chi connectivity index (χ4v) is 4.93. The number of nitrogens with zero attached hydrogens (tertiary/aromatic N) is 2. The Labute approximate surface area is 212 Å². The third-order valence-corrected chi connectivity index (χ3v) is 6.62. The van der Waals surface area contributed by atoms with Crippen molar-refractivity contribution in [1.82, 2.24) is 9.99 Å². The molecule has 36 heavy (non-hydrogen) atoms. The number of fused-ring (bicyclic) bond motifs is 1. The predicted octanol–water partition coefficient (Wildman–Crippen LogP) is 5.56. The number of para-hydroxylation sites is 2. The number of aromatic amines is 1. The maximum atomic E-state index is 13.5. The highest BCUT2D eigenvalue weighted by Gasteiger charge is 2.36. The van der Waals surface area contributed by atoms with Crippen molar-refractivity contribution in [3.63, 3.8) is 0 Å². The Hall–Kier alpha value is -4.10. The van der Waals surface area contributed by atoms with E-state index in [1.165, 1.54) is 11.9 Å². The molecule has 0 fully saturated rings. The number of H-pyrrole nitrogens is 1. The zero-order valence-electron chi connectivity index (χ0n) is 20.0. The molecule has 0 saturated carbocycles. The van der Waals surface area contributed by atoms with Crippen LogP contribution >= 0.6 is 11.6 Å². The summed E-state index contributed by atoms with van der Waals surface area (Å²) in [7, 11) is 3.12. The van der Waals surface area contributed by atoms with E-state index < -0.39 is 6.04 Å². The van der Waals surface area contributed by atoms with Crippen molar-refractivity contribution < 1.29 is 14.3 Å². The number of carbonyl (C=O) groups excluding carboxylic acids is 1. The lowest BCUT2D eigenvalue weighted by atomic mass is 9.91. The van der Waals surface area contributed by atoms with E-state index >= 15 is 0 Å². The molecule has 8 heteroatoms. The van der Waals surface area contributed by atoms with Gasteiger partial charge >= 0.3 is 0 Å². The molecule has 4 aromatic rings. The second-order valence-electron chi connectivity index (χ2n) is 8.47. The number of benzene rings is 3. The van der Waals surface area contributed by atoms with Gasteiger partial charge in [0.15, 0.2) is 11.5 Å². The SMILES string of the molecule is COc1cccc([C@@H]2CC(c3c(-c4ccc(Cl)cc4)c4ccccc4[nH]c3=O)=NN2C(C)=O)c1OC. The lowest BCUT2D eigenvalue weighted by molar-refractivity contribution is -0.130. The summed E-state index contributed by atoms with van der Waals surface area (Å²) in [6.45, 7) is 1.46. The van der Waals surface area contributed by atoms with Crippen molar-refractivity contribution in [3.8, 4) is 22.6 Å². The number of hydrogen-bond acceptors (Lipinski definition) is 5. The van der Waals surface area contributed by atoms with Gasteiger partial charge in [-0.3, -0.25) is 9.59 Å². The smallest absolute Gasteiger partial charge is 0.258 e. The van der Waals surface area contributed by atoms with Gasteiger partial charge in [-0.05, 0) is 29.8 Å². The van der Waals surface area contributed by atoms with E-state index in [9.17, 15) is 9.59 Å². The lowest BCUT2D eigenvalue weighted by Crippen LogP contribution is -2.24. The molecule has 0 spiro atoms. The maximum Gasteiger partial charge on any atom is 0.258 e. The van der Waals surface area contributed by atoms with Gasteiger partial charge in [-0.1, -0.05) is 54.1 Å². The molecule has 0 saturated heterocycles. The van der Waals surface area contributed by atoms with Crippen LogP contribution in [0.2, 0.25) is 5.02 Å². The van der Waals surface area contributed by atoms with Gasteiger partial charge < -0.3 is 14.5 Å². The minimum atomic E-state index is -0.466. The Balaban J connectivity index is 1.72. The summed E-state index contributed by atoms with van der Waals surface area (Å²) in [6.07, 6.45) is 0.325. The second-order valence-corrected chi connectivity index (χ2v) is 8.91. The summed E-state index contributed by atoms with van der Waals surface area (Å²) < 4.78 is 11.1. The number of halogens is 1. The second kappa shape index (κ2) is 9.51. The highest BCUT2D eigenvalue weighted by Crippen LogP contribution is 2.42. The normalized spacial score (nSPS) is 15.2. The Morgan fingerprint density at radius 2 is 1.75 bits per heavy atom. The average molecular weight is 502 g/mol. The van der Waals surface area contributed by atoms with E-state index in [1.807, 2.05) is 48.5 Å². The fourth-order valence-electron chi connectivity index (χ4n) is 4.80. The molecule has 1 aliphatic rings. The molecule has 182 valence electrons. The number of hydrazone groups is 1. The van der Waals surface area contributed by atoms with Crippen LogP contribution in [0.15, 0.2) is 76.6 Å². The number of amides is 1. The van der Waals surface area contributed by atoms with Crippen molar-refractivity contribution in [2.75, 3.05) is 14.2 Å². The number of carbonyl (C=O) groups is 1. The zero-order valence-corrected chi connectivity index (χ0v) is 20.8. The molecule has 0 bridgehead atoms. The first-order valence-corrected chi connectivity index (χ1v) is 11.8. The van der Waals surface area contributed by atoms with E-state index in [2.05, 4.69) is 10.1 Å². The Morgan fingerprint density at radius 3 is 2.44 bits per heavy atom. The molecule has 1 aromatic heterocycles. The minimum Gasteiger partial charge on any atom is -0.493 e. The molecular formula is C28H24ClN3O4. The molecule has 0 radical (unpaired) electrons. The molecule has 1 aliphatic heterocycles. The van der Waals surface area contributed by atoms with Gasteiger partial charge in [0.05, 0.1) is 31.5 Å². The first kappa shape index (κ1) is 23.6. The van der Waals surface area contributed by atoms with Crippen LogP contribution in [0, 0.1) is 0 Å². The number of ether oxygens (including phenoxy) is 2. The number of nitrogens with one attached hydrogen (secondary N) is 1. The first-order chi connectivity index (χ1) is 17.4. The lowest BCUT2D eigenvalue weighted by Gasteiger charge is -2.23. The van der Waals surface area contributed by atoms with E-state index in [0.29, 0.717) is 39.7 Å². The molecule has 7 nitrogen and oxygen atoms in total. The molecule has 1 amide bonds. The van der Waals surface area contributed by atoms with Crippen LogP contribution in [0.25, 0.3) is 22.0 Å². The van der Waals surface area contributed by atoms with Gasteiger partial charge in [0, 0.05) is 40.4 Å². The summed E-state index contributed by atoms with van der Waals surface area (Å²) in [6, 6.07) is 20.0. The first-order valence-electron chi connectivity index (χ1n) is 11.4. The van der Waals surface area contributed by atoms with E-state index in [-0.39, 0.29) is 11.5 Å². The highest BCUT2D eigenvalue weighted by atomic mass is 35.5. The van der Waals surface area contributed by atoms with Crippen LogP contribution in [0.1, 0.15) is 30.5 Å². The topological polar surface area (TPSA) is 84.0 Å². The van der Waals surface area contributed by atoms with Gasteiger partial charge in [0.1, 0.15) is 0 Å². The monoisotopic (exact) mass is 501 g/mol. The minimum absolute atomic E-state index is 0.245. The average Bonchev–Trinajstić information content (AvgIpc) is 3.33. The number of pyridine rings is 1. The Kier molecular flexibility index (Phi) is 6.24. The van der Waals surface area contributed by atoms with Gasteiger partial charge in [0.25, 0.3) is 5.56 Å². The standard InChI is InChI=1S/C28H24ClN3O4/c1-16(33)32-23(20-8-6-10-24(35-2)27(20)36-3)15-22(31-32)26-25(17-11-13-18(29)14-12-17)19-7-4-5-9-21(19)30-28(26)34/h4-14,23H,15H2,1-3H3,(H,30,34)/t23-/m0/s1. The van der Waals surface area contributed by atoms with Crippen molar-refractivity contribution in [1.29, 1.82) is 0 Å². The zero-order chi connectivity index (χ0) is 25.4. The van der Waals surface area contributed by atoms with Crippen molar-refractivity contribution in [3.05, 3.63) is 93.2 Å². The molecule has 1 atom stereocenters. The summed E-state index contributed by atoms with van der Waals surface area (Å²) in [5.41, 5.74) is 3.69. The predicted molar refractivity (Wildman–Crippen MR) is 141 cm³/mol. The summed E-state index contributed by atoms with van der Waals surface area (Å²) in [5, 5.41) is 7.55. The molecular weight excluding hydrogens is 478 g/mol. The third kappa shape index (κ3) is 4.01. The molecule has 0 aliphatic carbocycles. The van der Waals surface area contributed by atoms with Gasteiger partial charge in [0.2, 0.25) is 5.91 Å². The Morgan fingerprint density at radius 1 is 1.00 bits per heavy atom. The van der Waals surface area contributed by atoms with Crippen LogP contribution in [-0.4, -0.2) is 35.8 Å². The van der Waals surface area contributed by atoms with Crippen LogP contribution in [0.3, 0.4) is 0 Å². The number of hydrogen-bond donors (Lipinski definition) is 1. The number of aromatic nitrogens is 1. The molecule has 3 aromatic carbocycles. The molecule has 2 heterocycles. The fraction of sp³-hybridized carbons (Fsp3) is 0.179. The van der Waals surface area contributed by atoms with Gasteiger partial charge in [-0.25, -0.2) is 5.01 Å². The summed E-state index contributed by atoms with van der Waals surface area (Å²) in [5.74, 6) is 0.834. The largest absolute Gasteiger partial charge is 0.493 e. The Bertz CT molecular complexity index is 1560. The number of methoxy groups -OCH3 is 2. The van der Waals surface area contributed by atoms with E-state index in [0.717, 1.165) is 22.1 Å². The van der Waals surface area contributed by atoms with Gasteiger partial charge in [-0.15, -0.1) is 0 Å². The molecule has 1 N–H and O–H groups in total. The van der Waals surface area contributed by atoms with Crippen LogP contribution in [0.5, 0.6) is 11.5 Å². The maximum absolute atomic E-state index is 13.5. The van der Waals surface area contributed by atoms with Crippen LogP contribution in [-0.2, 0) is 4.79 Å². The van der Waals surface area contributed by atoms with E-state index in [4.69, 9.17) is 21.1 Å². The third-order valence-electron chi connectivity index (χ3n) is 6.37. The molecule has 5 rings (SSSR count). The number of rotatable bonds is 5. The summed E-state index contributed by atoms with van der Waals surface area (Å²) >= 11 is 6.15. The molecule has 0 unspecified atom stereocenters. The van der Waals surface area contributed by atoms with Crippen LogP contribution in [0.4, 0.5) is 0 Å². The highest BCUT2D eigenvalue weighted by molar-refractivity contribution is 6.30. The quantitative estimate of drug-likeness (QED) is 0.388. The van der Waals surface area contributed by atoms with E-state index in [1.54, 1.807) is 32.4 Å². The summed E-state index contributed by atoms with van der Waals surface area (Å²) in [4.78, 5) is 29.2. The van der Waals surface area contributed by atoms with Gasteiger partial charge in [-0.2, -0.15) is 5.10 Å². The van der Waals surface area contributed by atoms with Crippen molar-refractivity contribution in [2.45, 2.75) is 19.4 Å².